The molecular formula is C18H24N4O2S. The first-order valence-electron chi connectivity index (χ1n) is 8.83. The van der Waals surface area contributed by atoms with E-state index in [-0.39, 0.29) is 11.8 Å². The summed E-state index contributed by atoms with van der Waals surface area (Å²) in [6, 6.07) is 0. The molecule has 2 aromatic heterocycles. The summed E-state index contributed by atoms with van der Waals surface area (Å²) >= 11 is 1.40. The van der Waals surface area contributed by atoms with E-state index in [0.29, 0.717) is 17.8 Å². The summed E-state index contributed by atoms with van der Waals surface area (Å²) < 4.78 is 0. The Morgan fingerprint density at radius 1 is 1.20 bits per heavy atom. The monoisotopic (exact) mass is 360 g/mol. The molecule has 1 N–H and O–H groups in total. The van der Waals surface area contributed by atoms with E-state index >= 15 is 0 Å². The zero-order valence-electron chi connectivity index (χ0n) is 15.0. The Kier molecular flexibility index (Phi) is 5.32. The van der Waals surface area contributed by atoms with Crippen LogP contribution in [0.15, 0.2) is 0 Å². The SMILES string of the molecule is CCc1nc(C)c2c(C)c(C(=O)NCCC(=O)N3CCCC3)sc2n1. The van der Waals surface area contributed by atoms with E-state index in [4.69, 9.17) is 0 Å². The van der Waals surface area contributed by atoms with Gasteiger partial charge in [0.05, 0.1) is 4.88 Å². The molecular weight excluding hydrogens is 336 g/mol. The summed E-state index contributed by atoms with van der Waals surface area (Å²) in [5.74, 6) is 0.793. The third-order valence-corrected chi connectivity index (χ3v) is 5.81. The van der Waals surface area contributed by atoms with Crippen LogP contribution in [0.25, 0.3) is 10.2 Å². The van der Waals surface area contributed by atoms with Gasteiger partial charge in [-0.2, -0.15) is 0 Å². The number of hydrogen-bond donors (Lipinski definition) is 1. The van der Waals surface area contributed by atoms with Gasteiger partial charge in [-0.05, 0) is 32.3 Å². The topological polar surface area (TPSA) is 75.2 Å². The first-order chi connectivity index (χ1) is 12.0. The van der Waals surface area contributed by atoms with Crippen molar-refractivity contribution in [2.24, 2.45) is 0 Å². The normalized spacial score (nSPS) is 14.3. The number of nitrogens with zero attached hydrogens (tertiary/aromatic N) is 3. The molecule has 3 heterocycles. The molecule has 6 nitrogen and oxygen atoms in total. The van der Waals surface area contributed by atoms with Crippen molar-refractivity contribution in [2.75, 3.05) is 19.6 Å². The van der Waals surface area contributed by atoms with Gasteiger partial charge in [0.2, 0.25) is 5.91 Å². The van der Waals surface area contributed by atoms with Crippen molar-refractivity contribution in [3.05, 3.63) is 22.0 Å². The zero-order valence-corrected chi connectivity index (χ0v) is 15.8. The summed E-state index contributed by atoms with van der Waals surface area (Å²) in [4.78, 5) is 37.0. The molecule has 7 heteroatoms. The molecule has 0 atom stereocenters. The van der Waals surface area contributed by atoms with Crippen LogP contribution in [0, 0.1) is 13.8 Å². The van der Waals surface area contributed by atoms with E-state index in [1.807, 2.05) is 25.7 Å². The van der Waals surface area contributed by atoms with Gasteiger partial charge in [-0.1, -0.05) is 6.92 Å². The molecule has 0 radical (unpaired) electrons. The summed E-state index contributed by atoms with van der Waals surface area (Å²) in [6.45, 7) is 7.98. The summed E-state index contributed by atoms with van der Waals surface area (Å²) in [5.41, 5.74) is 1.84. The smallest absolute Gasteiger partial charge is 0.261 e. The molecule has 0 saturated carbocycles. The first kappa shape index (κ1) is 17.8. The lowest BCUT2D eigenvalue weighted by molar-refractivity contribution is -0.129. The number of rotatable bonds is 5. The number of carbonyl (C=O) groups is 2. The summed E-state index contributed by atoms with van der Waals surface area (Å²) in [5, 5.41) is 3.85. The Bertz CT molecular complexity index is 809. The minimum atomic E-state index is -0.132. The highest BCUT2D eigenvalue weighted by Crippen LogP contribution is 2.31. The van der Waals surface area contributed by atoms with Crippen LogP contribution in [-0.2, 0) is 11.2 Å². The van der Waals surface area contributed by atoms with Gasteiger partial charge in [0.25, 0.3) is 5.91 Å². The van der Waals surface area contributed by atoms with Crippen LogP contribution in [-0.4, -0.2) is 46.3 Å². The van der Waals surface area contributed by atoms with Gasteiger partial charge in [-0.25, -0.2) is 9.97 Å². The fourth-order valence-corrected chi connectivity index (χ4v) is 4.42. The molecule has 3 rings (SSSR count). The van der Waals surface area contributed by atoms with E-state index in [1.54, 1.807) is 0 Å². The Morgan fingerprint density at radius 2 is 1.92 bits per heavy atom. The molecule has 2 amide bonds. The number of thiophene rings is 1. The maximum Gasteiger partial charge on any atom is 0.261 e. The Balaban J connectivity index is 1.68. The Hall–Kier alpha value is -2.02. The predicted molar refractivity (Wildman–Crippen MR) is 99.0 cm³/mol. The van der Waals surface area contributed by atoms with Crippen molar-refractivity contribution >= 4 is 33.4 Å². The van der Waals surface area contributed by atoms with E-state index in [9.17, 15) is 9.59 Å². The van der Waals surface area contributed by atoms with Crippen LogP contribution in [0.5, 0.6) is 0 Å². The molecule has 134 valence electrons. The highest BCUT2D eigenvalue weighted by molar-refractivity contribution is 7.20. The minimum absolute atomic E-state index is 0.125. The molecule has 0 aliphatic carbocycles. The lowest BCUT2D eigenvalue weighted by atomic mass is 10.1. The maximum absolute atomic E-state index is 12.5. The molecule has 1 aliphatic rings. The number of amides is 2. The van der Waals surface area contributed by atoms with Crippen molar-refractivity contribution < 1.29 is 9.59 Å². The number of likely N-dealkylation sites (tertiary alicyclic amines) is 1. The van der Waals surface area contributed by atoms with E-state index in [0.717, 1.165) is 59.7 Å². The molecule has 1 aliphatic heterocycles. The number of aryl methyl sites for hydroxylation is 3. The minimum Gasteiger partial charge on any atom is -0.351 e. The lowest BCUT2D eigenvalue weighted by Crippen LogP contribution is -2.32. The van der Waals surface area contributed by atoms with Gasteiger partial charge in [0, 0.05) is 43.6 Å². The predicted octanol–water partition coefficient (Wildman–Crippen LogP) is 2.61. The van der Waals surface area contributed by atoms with Gasteiger partial charge in [-0.15, -0.1) is 11.3 Å². The second-order valence-electron chi connectivity index (χ2n) is 6.41. The highest BCUT2D eigenvalue weighted by atomic mass is 32.1. The number of hydrogen-bond acceptors (Lipinski definition) is 5. The fraction of sp³-hybridized carbons (Fsp3) is 0.556. The number of aromatic nitrogens is 2. The average Bonchev–Trinajstić information content (AvgIpc) is 3.23. The number of carbonyl (C=O) groups excluding carboxylic acids is 2. The van der Waals surface area contributed by atoms with Crippen LogP contribution in [0.2, 0.25) is 0 Å². The van der Waals surface area contributed by atoms with Crippen LogP contribution in [0.4, 0.5) is 0 Å². The second-order valence-corrected chi connectivity index (χ2v) is 7.41. The van der Waals surface area contributed by atoms with Crippen LogP contribution >= 0.6 is 11.3 Å². The van der Waals surface area contributed by atoms with Gasteiger partial charge >= 0.3 is 0 Å². The van der Waals surface area contributed by atoms with Gasteiger partial charge in [-0.3, -0.25) is 9.59 Å². The Labute approximate surface area is 151 Å². The quantitative estimate of drug-likeness (QED) is 0.889. The number of fused-ring (bicyclic) bond motifs is 1. The van der Waals surface area contributed by atoms with Crippen molar-refractivity contribution in [3.8, 4) is 0 Å². The standard InChI is InChI=1S/C18H24N4O2S/c1-4-13-20-12(3)15-11(2)16(25-18(15)21-13)17(24)19-8-7-14(23)22-9-5-6-10-22/h4-10H2,1-3H3,(H,19,24). The van der Waals surface area contributed by atoms with E-state index in [2.05, 4.69) is 15.3 Å². The van der Waals surface area contributed by atoms with E-state index < -0.39 is 0 Å². The molecule has 1 fully saturated rings. The average molecular weight is 360 g/mol. The highest BCUT2D eigenvalue weighted by Gasteiger charge is 2.20. The molecule has 1 saturated heterocycles. The summed E-state index contributed by atoms with van der Waals surface area (Å²) in [6.07, 6.45) is 3.29. The molecule has 0 bridgehead atoms. The molecule has 25 heavy (non-hydrogen) atoms. The van der Waals surface area contributed by atoms with Gasteiger partial charge < -0.3 is 10.2 Å². The van der Waals surface area contributed by atoms with Crippen molar-refractivity contribution in [3.63, 3.8) is 0 Å². The molecule has 0 spiro atoms. The fourth-order valence-electron chi connectivity index (χ4n) is 3.26. The molecule has 2 aromatic rings. The third-order valence-electron chi connectivity index (χ3n) is 4.62. The van der Waals surface area contributed by atoms with Crippen molar-refractivity contribution in [2.45, 2.75) is 46.5 Å². The van der Waals surface area contributed by atoms with Crippen LogP contribution < -0.4 is 5.32 Å². The van der Waals surface area contributed by atoms with Crippen molar-refractivity contribution in [1.82, 2.24) is 20.2 Å². The van der Waals surface area contributed by atoms with Gasteiger partial charge in [0.15, 0.2) is 0 Å². The second kappa shape index (κ2) is 7.47. The third kappa shape index (κ3) is 3.66. The number of nitrogens with one attached hydrogen (secondary N) is 1. The first-order valence-corrected chi connectivity index (χ1v) is 9.65. The molecule has 0 unspecified atom stereocenters. The van der Waals surface area contributed by atoms with Crippen LogP contribution in [0.1, 0.15) is 52.9 Å². The van der Waals surface area contributed by atoms with Crippen molar-refractivity contribution in [1.29, 1.82) is 0 Å². The Morgan fingerprint density at radius 3 is 2.60 bits per heavy atom. The summed E-state index contributed by atoms with van der Waals surface area (Å²) in [7, 11) is 0. The van der Waals surface area contributed by atoms with E-state index in [1.165, 1.54) is 11.3 Å². The van der Waals surface area contributed by atoms with Gasteiger partial charge in [0.1, 0.15) is 10.7 Å². The van der Waals surface area contributed by atoms with Crippen LogP contribution in [0.3, 0.4) is 0 Å². The molecule has 0 aromatic carbocycles. The lowest BCUT2D eigenvalue weighted by Gasteiger charge is -2.15. The maximum atomic E-state index is 12.5. The zero-order chi connectivity index (χ0) is 18.0. The largest absolute Gasteiger partial charge is 0.351 e.